The minimum Gasteiger partial charge on any atom is -0.416 e. The number of likely N-dealkylation sites (tertiary alicyclic amines) is 1. The molecule has 0 unspecified atom stereocenters. The van der Waals surface area contributed by atoms with E-state index < -0.39 is 8.32 Å². The molecule has 1 heterocycles. The first-order chi connectivity index (χ1) is 12.1. The van der Waals surface area contributed by atoms with Crippen molar-refractivity contribution < 1.29 is 9.22 Å². The van der Waals surface area contributed by atoms with Crippen LogP contribution < -0.4 is 0 Å². The minimum atomic E-state index is -1.82. The van der Waals surface area contributed by atoms with Gasteiger partial charge in [-0.05, 0) is 37.0 Å². The highest BCUT2D eigenvalue weighted by Crippen LogP contribution is 2.39. The second-order valence-corrected chi connectivity index (χ2v) is 13.8. The molecule has 1 aromatic rings. The number of carbonyl (C=O) groups excluding carboxylic acids is 1. The summed E-state index contributed by atoms with van der Waals surface area (Å²) >= 11 is 0. The summed E-state index contributed by atoms with van der Waals surface area (Å²) in [5.74, 6) is 0.467. The van der Waals surface area contributed by atoms with Gasteiger partial charge in [-0.2, -0.15) is 0 Å². The fraction of sp³-hybridized carbons (Fsp3) is 0.591. The molecular weight excluding hydrogens is 338 g/mol. The van der Waals surface area contributed by atoms with Crippen LogP contribution in [0.2, 0.25) is 18.1 Å². The molecule has 1 aliphatic rings. The molecule has 26 heavy (non-hydrogen) atoms. The van der Waals surface area contributed by atoms with E-state index >= 15 is 0 Å². The molecule has 3 nitrogen and oxygen atoms in total. The van der Waals surface area contributed by atoms with Crippen molar-refractivity contribution in [3.05, 3.63) is 48.6 Å². The van der Waals surface area contributed by atoms with Crippen LogP contribution in [0.3, 0.4) is 0 Å². The molecule has 1 amide bonds. The number of allylic oxidation sites excluding steroid dienone is 1. The Kier molecular flexibility index (Phi) is 6.51. The van der Waals surface area contributed by atoms with Gasteiger partial charge in [0.2, 0.25) is 5.91 Å². The number of carbonyl (C=O) groups is 1. The summed E-state index contributed by atoms with van der Waals surface area (Å²) in [7, 11) is -1.82. The highest BCUT2D eigenvalue weighted by molar-refractivity contribution is 6.74. The Hall–Kier alpha value is -1.39. The van der Waals surface area contributed by atoms with Gasteiger partial charge in [0.1, 0.15) is 0 Å². The fourth-order valence-corrected chi connectivity index (χ4v) is 4.38. The van der Waals surface area contributed by atoms with Crippen LogP contribution >= 0.6 is 0 Å². The van der Waals surface area contributed by atoms with Crippen LogP contribution in [0.25, 0.3) is 0 Å². The van der Waals surface area contributed by atoms with Gasteiger partial charge < -0.3 is 9.33 Å². The molecular formula is C22H35NO2Si. The van der Waals surface area contributed by atoms with Crippen LogP contribution in [0.5, 0.6) is 0 Å². The van der Waals surface area contributed by atoms with Crippen LogP contribution in [0.15, 0.2) is 43.0 Å². The third kappa shape index (κ3) is 4.47. The number of nitrogens with zero attached hydrogens (tertiary/aromatic N) is 1. The maximum Gasteiger partial charge on any atom is 0.226 e. The predicted octanol–water partition coefficient (Wildman–Crippen LogP) is 5.42. The van der Waals surface area contributed by atoms with Crippen molar-refractivity contribution in [3.63, 3.8) is 0 Å². The number of benzene rings is 1. The molecule has 0 aliphatic carbocycles. The van der Waals surface area contributed by atoms with E-state index in [4.69, 9.17) is 4.43 Å². The molecule has 1 aliphatic heterocycles. The minimum absolute atomic E-state index is 0.0107. The first kappa shape index (κ1) is 20.9. The number of hydrogen-bond acceptors (Lipinski definition) is 2. The Morgan fingerprint density at radius 3 is 2.46 bits per heavy atom. The van der Waals surface area contributed by atoms with Crippen molar-refractivity contribution in [2.24, 2.45) is 11.8 Å². The van der Waals surface area contributed by atoms with Gasteiger partial charge in [-0.25, -0.2) is 0 Å². The molecule has 0 N–H and O–H groups in total. The SMILES string of the molecule is C=CC[C@@H]1C(=O)N([C@H](C)c2ccccc2)C[C@H]1CO[Si](C)(C)C(C)(C)C. The zero-order valence-electron chi connectivity index (χ0n) is 17.3. The lowest BCUT2D eigenvalue weighted by molar-refractivity contribution is -0.132. The lowest BCUT2D eigenvalue weighted by Crippen LogP contribution is -2.42. The van der Waals surface area contributed by atoms with Gasteiger partial charge in [-0.3, -0.25) is 4.79 Å². The van der Waals surface area contributed by atoms with E-state index in [2.05, 4.69) is 59.5 Å². The number of rotatable bonds is 7. The molecule has 1 fully saturated rings. The summed E-state index contributed by atoms with van der Waals surface area (Å²) in [6.45, 7) is 18.7. The van der Waals surface area contributed by atoms with E-state index in [9.17, 15) is 4.79 Å². The zero-order chi connectivity index (χ0) is 19.5. The monoisotopic (exact) mass is 373 g/mol. The van der Waals surface area contributed by atoms with Crippen molar-refractivity contribution in [1.82, 2.24) is 4.90 Å². The van der Waals surface area contributed by atoms with E-state index in [1.165, 1.54) is 5.56 Å². The Morgan fingerprint density at radius 2 is 1.92 bits per heavy atom. The summed E-state index contributed by atoms with van der Waals surface area (Å²) in [6.07, 6.45) is 2.60. The summed E-state index contributed by atoms with van der Waals surface area (Å²) < 4.78 is 6.46. The first-order valence-electron chi connectivity index (χ1n) is 9.68. The van der Waals surface area contributed by atoms with Crippen LogP contribution in [0, 0.1) is 11.8 Å². The van der Waals surface area contributed by atoms with Gasteiger partial charge in [-0.15, -0.1) is 6.58 Å². The van der Waals surface area contributed by atoms with Crippen LogP contribution in [-0.4, -0.2) is 32.3 Å². The third-order valence-corrected chi connectivity index (χ3v) is 10.7. The molecule has 2 rings (SSSR count). The molecule has 1 saturated heterocycles. The highest BCUT2D eigenvalue weighted by atomic mass is 28.4. The van der Waals surface area contributed by atoms with Crippen molar-refractivity contribution in [1.29, 1.82) is 0 Å². The molecule has 0 bridgehead atoms. The topological polar surface area (TPSA) is 29.5 Å². The molecule has 144 valence electrons. The third-order valence-electron chi connectivity index (χ3n) is 6.24. The van der Waals surface area contributed by atoms with Gasteiger partial charge in [0.05, 0.1) is 6.04 Å². The lowest BCUT2D eigenvalue weighted by Gasteiger charge is -2.37. The molecule has 3 atom stereocenters. The van der Waals surface area contributed by atoms with Crippen LogP contribution in [0.4, 0.5) is 0 Å². The maximum absolute atomic E-state index is 13.1. The summed E-state index contributed by atoms with van der Waals surface area (Å²) in [6, 6.07) is 10.4. The Bertz CT molecular complexity index is 621. The lowest BCUT2D eigenvalue weighted by atomic mass is 9.93. The van der Waals surface area contributed by atoms with Crippen LogP contribution in [-0.2, 0) is 9.22 Å². The van der Waals surface area contributed by atoms with E-state index in [-0.39, 0.29) is 28.8 Å². The Labute approximate surface area is 160 Å². The highest BCUT2D eigenvalue weighted by Gasteiger charge is 2.44. The van der Waals surface area contributed by atoms with E-state index in [0.717, 1.165) is 13.0 Å². The normalized spacial score (nSPS) is 22.5. The largest absolute Gasteiger partial charge is 0.416 e. The fourth-order valence-electron chi connectivity index (χ4n) is 3.32. The van der Waals surface area contributed by atoms with Gasteiger partial charge >= 0.3 is 0 Å². The predicted molar refractivity (Wildman–Crippen MR) is 112 cm³/mol. The summed E-state index contributed by atoms with van der Waals surface area (Å²) in [4.78, 5) is 15.1. The number of hydrogen-bond donors (Lipinski definition) is 0. The van der Waals surface area contributed by atoms with E-state index in [0.29, 0.717) is 6.61 Å². The summed E-state index contributed by atoms with van der Waals surface area (Å²) in [5, 5.41) is 0.181. The van der Waals surface area contributed by atoms with E-state index in [1.807, 2.05) is 29.2 Å². The van der Waals surface area contributed by atoms with Gasteiger partial charge in [-0.1, -0.05) is 57.2 Å². The second-order valence-electron chi connectivity index (χ2n) is 9.04. The number of amides is 1. The van der Waals surface area contributed by atoms with Crippen molar-refractivity contribution in [3.8, 4) is 0 Å². The molecule has 1 aromatic carbocycles. The molecule has 0 spiro atoms. The molecule has 0 aromatic heterocycles. The first-order valence-corrected chi connectivity index (χ1v) is 12.6. The van der Waals surface area contributed by atoms with Crippen molar-refractivity contribution in [2.45, 2.75) is 58.3 Å². The maximum atomic E-state index is 13.1. The Balaban J connectivity index is 2.14. The second kappa shape index (κ2) is 8.09. The molecule has 0 saturated carbocycles. The molecule has 4 heteroatoms. The molecule has 0 radical (unpaired) electrons. The average molecular weight is 374 g/mol. The zero-order valence-corrected chi connectivity index (χ0v) is 18.3. The standard InChI is InChI=1S/C22H35NO2Si/c1-8-12-20-19(16-25-26(6,7)22(3,4)5)15-23(21(20)24)17(2)18-13-10-9-11-14-18/h8-11,13-14,17,19-20H,1,12,15-16H2,2-7H3/t17-,19+,20+/m1/s1. The van der Waals surface area contributed by atoms with Gasteiger partial charge in [0.15, 0.2) is 8.32 Å². The van der Waals surface area contributed by atoms with Crippen molar-refractivity contribution in [2.75, 3.05) is 13.2 Å². The Morgan fingerprint density at radius 1 is 1.31 bits per heavy atom. The van der Waals surface area contributed by atoms with Crippen LogP contribution in [0.1, 0.15) is 45.7 Å². The summed E-state index contributed by atoms with van der Waals surface area (Å²) in [5.41, 5.74) is 1.18. The smallest absolute Gasteiger partial charge is 0.226 e. The van der Waals surface area contributed by atoms with E-state index in [1.54, 1.807) is 0 Å². The average Bonchev–Trinajstić information content (AvgIpc) is 2.89. The van der Waals surface area contributed by atoms with Gasteiger partial charge in [0.25, 0.3) is 0 Å². The quantitative estimate of drug-likeness (QED) is 0.472. The van der Waals surface area contributed by atoms with Crippen molar-refractivity contribution >= 4 is 14.2 Å². The van der Waals surface area contributed by atoms with Gasteiger partial charge in [0, 0.05) is 25.0 Å².